The molecule has 3 heteroatoms. The summed E-state index contributed by atoms with van der Waals surface area (Å²) < 4.78 is 6.38. The number of halogens is 1. The van der Waals surface area contributed by atoms with Crippen molar-refractivity contribution >= 4 is 15.9 Å². The highest BCUT2D eigenvalue weighted by molar-refractivity contribution is 9.10. The van der Waals surface area contributed by atoms with E-state index in [0.29, 0.717) is 5.92 Å². The number of hydrogen-bond donors (Lipinski definition) is 1. The van der Waals surface area contributed by atoms with Crippen molar-refractivity contribution in [2.24, 2.45) is 5.73 Å². The number of rotatable bonds is 3. The Morgan fingerprint density at radius 1 is 1.31 bits per heavy atom. The Labute approximate surface area is 106 Å². The maximum absolute atomic E-state index is 6.12. The molecule has 0 atom stereocenters. The highest BCUT2D eigenvalue weighted by atomic mass is 79.9. The minimum absolute atomic E-state index is 0.335. The van der Waals surface area contributed by atoms with Gasteiger partial charge in [0.15, 0.2) is 0 Å². The summed E-state index contributed by atoms with van der Waals surface area (Å²) in [6.07, 6.45) is 0. The van der Waals surface area contributed by atoms with Crippen molar-refractivity contribution in [3.05, 3.63) is 27.7 Å². The zero-order valence-electron chi connectivity index (χ0n) is 10.6. The monoisotopic (exact) mass is 285 g/mol. The van der Waals surface area contributed by atoms with E-state index in [1.54, 1.807) is 7.11 Å². The Hall–Kier alpha value is -0.540. The summed E-state index contributed by atoms with van der Waals surface area (Å²) in [4.78, 5) is 0. The Kier molecular flexibility index (Phi) is 4.02. The average molecular weight is 286 g/mol. The van der Waals surface area contributed by atoms with Crippen LogP contribution in [-0.2, 0) is 5.54 Å². The van der Waals surface area contributed by atoms with Gasteiger partial charge in [0.05, 0.1) is 11.6 Å². The summed E-state index contributed by atoms with van der Waals surface area (Å²) in [5, 5.41) is 0. The lowest BCUT2D eigenvalue weighted by Gasteiger charge is -2.23. The zero-order valence-corrected chi connectivity index (χ0v) is 12.2. The van der Waals surface area contributed by atoms with Gasteiger partial charge in [-0.1, -0.05) is 13.8 Å². The van der Waals surface area contributed by atoms with E-state index in [0.717, 1.165) is 15.8 Å². The SMILES string of the molecule is COc1c(Br)cc(C(C)(C)N)cc1C(C)C. The Morgan fingerprint density at radius 3 is 2.25 bits per heavy atom. The van der Waals surface area contributed by atoms with Crippen LogP contribution >= 0.6 is 15.9 Å². The van der Waals surface area contributed by atoms with Gasteiger partial charge in [0.25, 0.3) is 0 Å². The molecule has 0 spiro atoms. The molecule has 0 fully saturated rings. The molecule has 0 saturated heterocycles. The lowest BCUT2D eigenvalue weighted by Crippen LogP contribution is -2.28. The van der Waals surface area contributed by atoms with Gasteiger partial charge in [0.2, 0.25) is 0 Å². The highest BCUT2D eigenvalue weighted by Crippen LogP contribution is 2.37. The average Bonchev–Trinajstić information content (AvgIpc) is 2.14. The van der Waals surface area contributed by atoms with E-state index in [4.69, 9.17) is 10.5 Å². The number of ether oxygens (including phenoxy) is 1. The molecule has 1 aromatic rings. The maximum atomic E-state index is 6.12. The summed E-state index contributed by atoms with van der Waals surface area (Å²) in [5.74, 6) is 1.32. The molecule has 2 N–H and O–H groups in total. The lowest BCUT2D eigenvalue weighted by molar-refractivity contribution is 0.404. The van der Waals surface area contributed by atoms with Crippen LogP contribution in [-0.4, -0.2) is 7.11 Å². The fraction of sp³-hybridized carbons (Fsp3) is 0.538. The summed E-state index contributed by atoms with van der Waals surface area (Å²) >= 11 is 3.54. The van der Waals surface area contributed by atoms with E-state index in [-0.39, 0.29) is 5.54 Å². The third-order valence-electron chi connectivity index (χ3n) is 2.64. The van der Waals surface area contributed by atoms with E-state index in [1.807, 2.05) is 19.9 Å². The van der Waals surface area contributed by atoms with Gasteiger partial charge in [-0.2, -0.15) is 0 Å². The minimum Gasteiger partial charge on any atom is -0.495 e. The largest absolute Gasteiger partial charge is 0.495 e. The van der Waals surface area contributed by atoms with Crippen molar-refractivity contribution in [2.45, 2.75) is 39.2 Å². The molecule has 1 aromatic carbocycles. The van der Waals surface area contributed by atoms with Crippen LogP contribution in [0, 0.1) is 0 Å². The van der Waals surface area contributed by atoms with Gasteiger partial charge in [-0.3, -0.25) is 0 Å². The number of benzene rings is 1. The van der Waals surface area contributed by atoms with E-state index in [9.17, 15) is 0 Å². The zero-order chi connectivity index (χ0) is 12.5. The predicted molar refractivity (Wildman–Crippen MR) is 72.0 cm³/mol. The Morgan fingerprint density at radius 2 is 1.88 bits per heavy atom. The van der Waals surface area contributed by atoms with Crippen molar-refractivity contribution in [3.63, 3.8) is 0 Å². The van der Waals surface area contributed by atoms with Crippen molar-refractivity contribution in [3.8, 4) is 5.75 Å². The van der Waals surface area contributed by atoms with E-state index in [2.05, 4.69) is 35.8 Å². The molecule has 0 unspecified atom stereocenters. The summed E-state index contributed by atoms with van der Waals surface area (Å²) in [7, 11) is 1.69. The van der Waals surface area contributed by atoms with Crippen LogP contribution in [0.25, 0.3) is 0 Å². The molecule has 0 aliphatic carbocycles. The molecule has 0 bridgehead atoms. The Balaban J connectivity index is 3.40. The molecule has 2 nitrogen and oxygen atoms in total. The normalized spacial score (nSPS) is 12.0. The van der Waals surface area contributed by atoms with Crippen LogP contribution in [0.1, 0.15) is 44.7 Å². The summed E-state index contributed by atoms with van der Waals surface area (Å²) in [6.45, 7) is 8.31. The van der Waals surface area contributed by atoms with Crippen LogP contribution in [0.4, 0.5) is 0 Å². The molecule has 16 heavy (non-hydrogen) atoms. The van der Waals surface area contributed by atoms with Gasteiger partial charge >= 0.3 is 0 Å². The molecular formula is C13H20BrNO. The topological polar surface area (TPSA) is 35.2 Å². The van der Waals surface area contributed by atoms with Crippen molar-refractivity contribution in [1.82, 2.24) is 0 Å². The van der Waals surface area contributed by atoms with Crippen molar-refractivity contribution < 1.29 is 4.74 Å². The van der Waals surface area contributed by atoms with Gasteiger partial charge in [0, 0.05) is 5.54 Å². The fourth-order valence-electron chi connectivity index (χ4n) is 1.63. The molecule has 0 saturated carbocycles. The predicted octanol–water partition coefficient (Wildman–Crippen LogP) is 3.77. The molecule has 0 radical (unpaired) electrons. The van der Waals surface area contributed by atoms with Crippen LogP contribution in [0.3, 0.4) is 0 Å². The van der Waals surface area contributed by atoms with Crippen molar-refractivity contribution in [1.29, 1.82) is 0 Å². The lowest BCUT2D eigenvalue weighted by atomic mass is 9.91. The molecule has 0 aliphatic heterocycles. The van der Waals surface area contributed by atoms with Gasteiger partial charge in [0.1, 0.15) is 5.75 Å². The molecular weight excluding hydrogens is 266 g/mol. The smallest absolute Gasteiger partial charge is 0.136 e. The second-order valence-electron chi connectivity index (χ2n) is 4.96. The highest BCUT2D eigenvalue weighted by Gasteiger charge is 2.19. The second kappa shape index (κ2) is 4.76. The summed E-state index contributed by atoms with van der Waals surface area (Å²) in [6, 6.07) is 4.17. The number of nitrogens with two attached hydrogens (primary N) is 1. The Bertz CT molecular complexity index is 380. The maximum Gasteiger partial charge on any atom is 0.136 e. The van der Waals surface area contributed by atoms with E-state index < -0.39 is 0 Å². The van der Waals surface area contributed by atoms with Gasteiger partial charge in [-0.15, -0.1) is 0 Å². The fourth-order valence-corrected chi connectivity index (χ4v) is 2.27. The first-order chi connectivity index (χ1) is 7.27. The molecule has 0 amide bonds. The quantitative estimate of drug-likeness (QED) is 0.917. The molecule has 1 rings (SSSR count). The standard InChI is InChI=1S/C13H20BrNO/c1-8(2)10-6-9(13(3,4)15)7-11(14)12(10)16-5/h6-8H,15H2,1-5H3. The first-order valence-electron chi connectivity index (χ1n) is 5.44. The first-order valence-corrected chi connectivity index (χ1v) is 6.23. The molecule has 0 aliphatic rings. The summed E-state index contributed by atoms with van der Waals surface area (Å²) in [5.41, 5.74) is 8.09. The van der Waals surface area contributed by atoms with Crippen LogP contribution in [0.2, 0.25) is 0 Å². The van der Waals surface area contributed by atoms with Gasteiger partial charge < -0.3 is 10.5 Å². The van der Waals surface area contributed by atoms with E-state index >= 15 is 0 Å². The first kappa shape index (κ1) is 13.5. The van der Waals surface area contributed by atoms with Gasteiger partial charge in [-0.05, 0) is 59.0 Å². The van der Waals surface area contributed by atoms with Gasteiger partial charge in [-0.25, -0.2) is 0 Å². The van der Waals surface area contributed by atoms with E-state index in [1.165, 1.54) is 5.56 Å². The minimum atomic E-state index is -0.335. The molecule has 90 valence electrons. The molecule has 0 heterocycles. The van der Waals surface area contributed by atoms with Crippen LogP contribution < -0.4 is 10.5 Å². The number of hydrogen-bond acceptors (Lipinski definition) is 2. The second-order valence-corrected chi connectivity index (χ2v) is 5.81. The third-order valence-corrected chi connectivity index (χ3v) is 3.23. The number of methoxy groups -OCH3 is 1. The van der Waals surface area contributed by atoms with Crippen LogP contribution in [0.5, 0.6) is 5.75 Å². The van der Waals surface area contributed by atoms with Crippen molar-refractivity contribution in [2.75, 3.05) is 7.11 Å². The molecule has 0 aromatic heterocycles. The third kappa shape index (κ3) is 2.77. The van der Waals surface area contributed by atoms with Crippen LogP contribution in [0.15, 0.2) is 16.6 Å².